The van der Waals surface area contributed by atoms with Crippen LogP contribution in [0.25, 0.3) is 0 Å². The van der Waals surface area contributed by atoms with Crippen LogP contribution in [0.2, 0.25) is 0 Å². The first-order valence-electron chi connectivity index (χ1n) is 9.18. The van der Waals surface area contributed by atoms with Gasteiger partial charge in [0, 0.05) is 44.0 Å². The molecule has 0 radical (unpaired) electrons. The average molecular weight is 385 g/mol. The number of sulfonamides is 1. The number of carbonyl (C=O) groups excluding carboxylic acids is 1. The summed E-state index contributed by atoms with van der Waals surface area (Å²) in [7, 11) is -3.45. The number of amides is 1. The first-order valence-corrected chi connectivity index (χ1v) is 10.6. The minimum atomic E-state index is -3.45. The lowest BCUT2D eigenvalue weighted by Gasteiger charge is -2.36. The normalized spacial score (nSPS) is 18.1. The summed E-state index contributed by atoms with van der Waals surface area (Å²) < 4.78 is 27.3. The standard InChI is InChI=1S/C20H23N3O3S/c1-15-3-2-4-18(13-15)27(25,26)23-11-9-22(10-12-23)17-6-7-19-16(14-17)5-8-20(24)21-19/h2-4,6-7,13-14H,5,8-12H2,1H3,(H,21,24). The topological polar surface area (TPSA) is 69.7 Å². The van der Waals surface area contributed by atoms with E-state index in [2.05, 4.69) is 16.3 Å². The molecular weight excluding hydrogens is 362 g/mol. The highest BCUT2D eigenvalue weighted by molar-refractivity contribution is 7.89. The third kappa shape index (κ3) is 3.57. The Morgan fingerprint density at radius 3 is 2.48 bits per heavy atom. The molecule has 6 nitrogen and oxygen atoms in total. The Balaban J connectivity index is 1.47. The summed E-state index contributed by atoms with van der Waals surface area (Å²) in [5, 5.41) is 2.89. The minimum Gasteiger partial charge on any atom is -0.369 e. The predicted molar refractivity (Wildman–Crippen MR) is 106 cm³/mol. The van der Waals surface area contributed by atoms with Crippen molar-refractivity contribution in [3.63, 3.8) is 0 Å². The fourth-order valence-electron chi connectivity index (χ4n) is 3.68. The van der Waals surface area contributed by atoms with E-state index in [1.807, 2.05) is 25.1 Å². The molecule has 1 saturated heterocycles. The molecule has 0 unspecified atom stereocenters. The summed E-state index contributed by atoms with van der Waals surface area (Å²) in [4.78, 5) is 14.1. The van der Waals surface area contributed by atoms with Crippen LogP contribution in [0.1, 0.15) is 17.5 Å². The molecule has 2 aliphatic heterocycles. The second-order valence-electron chi connectivity index (χ2n) is 7.10. The van der Waals surface area contributed by atoms with Crippen LogP contribution in [0.4, 0.5) is 11.4 Å². The molecule has 2 aromatic rings. The van der Waals surface area contributed by atoms with Gasteiger partial charge in [-0.2, -0.15) is 4.31 Å². The number of nitrogens with one attached hydrogen (secondary N) is 1. The van der Waals surface area contributed by atoms with E-state index in [1.54, 1.807) is 22.5 Å². The quantitative estimate of drug-likeness (QED) is 0.881. The van der Waals surface area contributed by atoms with Gasteiger partial charge in [0.25, 0.3) is 0 Å². The Hall–Kier alpha value is -2.38. The Labute approximate surface area is 159 Å². The van der Waals surface area contributed by atoms with E-state index in [4.69, 9.17) is 0 Å². The number of fused-ring (bicyclic) bond motifs is 1. The molecule has 0 atom stereocenters. The van der Waals surface area contributed by atoms with Crippen LogP contribution >= 0.6 is 0 Å². The molecule has 2 aromatic carbocycles. The molecule has 1 fully saturated rings. The lowest BCUT2D eigenvalue weighted by Crippen LogP contribution is -2.48. The minimum absolute atomic E-state index is 0.0604. The van der Waals surface area contributed by atoms with Gasteiger partial charge in [0.15, 0.2) is 0 Å². The zero-order valence-corrected chi connectivity index (χ0v) is 16.1. The number of carbonyl (C=O) groups is 1. The fourth-order valence-corrected chi connectivity index (χ4v) is 5.21. The van der Waals surface area contributed by atoms with Crippen molar-refractivity contribution in [2.45, 2.75) is 24.7 Å². The second kappa shape index (κ2) is 6.98. The summed E-state index contributed by atoms with van der Waals surface area (Å²) in [5.74, 6) is 0.0604. The number of rotatable bonds is 3. The molecule has 2 heterocycles. The monoisotopic (exact) mass is 385 g/mol. The molecule has 0 spiro atoms. The smallest absolute Gasteiger partial charge is 0.243 e. The zero-order chi connectivity index (χ0) is 19.0. The molecule has 0 bridgehead atoms. The molecule has 0 aliphatic carbocycles. The van der Waals surface area contributed by atoms with Crippen molar-refractivity contribution in [2.75, 3.05) is 36.4 Å². The van der Waals surface area contributed by atoms with Crippen LogP contribution in [-0.2, 0) is 21.2 Å². The molecule has 142 valence electrons. The third-order valence-electron chi connectivity index (χ3n) is 5.22. The summed E-state index contributed by atoms with van der Waals surface area (Å²) in [5.41, 5.74) is 4.05. The van der Waals surface area contributed by atoms with Crippen LogP contribution in [0, 0.1) is 6.92 Å². The first-order chi connectivity index (χ1) is 12.9. The number of nitrogens with zero attached hydrogens (tertiary/aromatic N) is 2. The molecular formula is C20H23N3O3S. The summed E-state index contributed by atoms with van der Waals surface area (Å²) in [6.07, 6.45) is 1.26. The van der Waals surface area contributed by atoms with Crippen molar-refractivity contribution in [3.8, 4) is 0 Å². The molecule has 0 saturated carbocycles. The van der Waals surface area contributed by atoms with E-state index in [0.717, 1.165) is 28.9 Å². The highest BCUT2D eigenvalue weighted by Crippen LogP contribution is 2.28. The maximum atomic E-state index is 12.9. The number of anilines is 2. The molecule has 4 rings (SSSR count). The summed E-state index contributed by atoms with van der Waals surface area (Å²) in [6.45, 7) is 4.12. The highest BCUT2D eigenvalue weighted by Gasteiger charge is 2.29. The average Bonchev–Trinajstić information content (AvgIpc) is 2.67. The molecule has 1 amide bonds. The van der Waals surface area contributed by atoms with Crippen LogP contribution in [0.3, 0.4) is 0 Å². The van der Waals surface area contributed by atoms with Crippen molar-refractivity contribution in [1.82, 2.24) is 4.31 Å². The summed E-state index contributed by atoms with van der Waals surface area (Å²) >= 11 is 0. The van der Waals surface area contributed by atoms with Gasteiger partial charge in [-0.25, -0.2) is 8.42 Å². The Bertz CT molecular complexity index is 980. The van der Waals surface area contributed by atoms with Gasteiger partial charge in [-0.05, 0) is 54.8 Å². The van der Waals surface area contributed by atoms with E-state index < -0.39 is 10.0 Å². The number of piperazine rings is 1. The Kier molecular flexibility index (Phi) is 4.65. The number of hydrogen-bond donors (Lipinski definition) is 1. The van der Waals surface area contributed by atoms with Crippen molar-refractivity contribution in [2.24, 2.45) is 0 Å². The Morgan fingerprint density at radius 1 is 0.963 bits per heavy atom. The SMILES string of the molecule is Cc1cccc(S(=O)(=O)N2CCN(c3ccc4c(c3)CCC(=O)N4)CC2)c1. The third-order valence-corrected chi connectivity index (χ3v) is 7.11. The van der Waals surface area contributed by atoms with Crippen LogP contribution in [0.5, 0.6) is 0 Å². The Morgan fingerprint density at radius 2 is 1.74 bits per heavy atom. The van der Waals surface area contributed by atoms with E-state index in [1.165, 1.54) is 0 Å². The first kappa shape index (κ1) is 18.0. The molecule has 1 N–H and O–H groups in total. The van der Waals surface area contributed by atoms with Gasteiger partial charge in [-0.1, -0.05) is 12.1 Å². The lowest BCUT2D eigenvalue weighted by molar-refractivity contribution is -0.116. The fraction of sp³-hybridized carbons (Fsp3) is 0.350. The highest BCUT2D eigenvalue weighted by atomic mass is 32.2. The molecule has 27 heavy (non-hydrogen) atoms. The van der Waals surface area contributed by atoms with Gasteiger partial charge < -0.3 is 10.2 Å². The van der Waals surface area contributed by atoms with Gasteiger partial charge in [-0.15, -0.1) is 0 Å². The second-order valence-corrected chi connectivity index (χ2v) is 9.04. The maximum Gasteiger partial charge on any atom is 0.243 e. The van der Waals surface area contributed by atoms with Crippen molar-refractivity contribution in [1.29, 1.82) is 0 Å². The van der Waals surface area contributed by atoms with Gasteiger partial charge in [0.05, 0.1) is 4.90 Å². The lowest BCUT2D eigenvalue weighted by atomic mass is 10.0. The number of benzene rings is 2. The van der Waals surface area contributed by atoms with Crippen molar-refractivity contribution >= 4 is 27.3 Å². The van der Waals surface area contributed by atoms with Crippen LogP contribution in [0.15, 0.2) is 47.4 Å². The van der Waals surface area contributed by atoms with E-state index in [0.29, 0.717) is 37.5 Å². The van der Waals surface area contributed by atoms with Crippen LogP contribution in [-0.4, -0.2) is 44.8 Å². The van der Waals surface area contributed by atoms with Crippen molar-refractivity contribution < 1.29 is 13.2 Å². The van der Waals surface area contributed by atoms with E-state index in [9.17, 15) is 13.2 Å². The van der Waals surface area contributed by atoms with Gasteiger partial charge in [-0.3, -0.25) is 4.79 Å². The van der Waals surface area contributed by atoms with E-state index >= 15 is 0 Å². The van der Waals surface area contributed by atoms with Crippen molar-refractivity contribution in [3.05, 3.63) is 53.6 Å². The van der Waals surface area contributed by atoms with E-state index in [-0.39, 0.29) is 5.91 Å². The van der Waals surface area contributed by atoms with Gasteiger partial charge >= 0.3 is 0 Å². The summed E-state index contributed by atoms with van der Waals surface area (Å²) in [6, 6.07) is 13.1. The maximum absolute atomic E-state index is 12.9. The van der Waals surface area contributed by atoms with Crippen LogP contribution < -0.4 is 10.2 Å². The zero-order valence-electron chi connectivity index (χ0n) is 15.3. The predicted octanol–water partition coefficient (Wildman–Crippen LogP) is 2.39. The number of aryl methyl sites for hydroxylation is 2. The molecule has 7 heteroatoms. The molecule has 2 aliphatic rings. The number of hydrogen-bond acceptors (Lipinski definition) is 4. The molecule has 0 aromatic heterocycles. The van der Waals surface area contributed by atoms with Gasteiger partial charge in [0.2, 0.25) is 15.9 Å². The van der Waals surface area contributed by atoms with Gasteiger partial charge in [0.1, 0.15) is 0 Å². The largest absolute Gasteiger partial charge is 0.369 e.